The highest BCUT2D eigenvalue weighted by atomic mass is 32.2. The van der Waals surface area contributed by atoms with Gasteiger partial charge in [0.15, 0.2) is 0 Å². The molecule has 37 heavy (non-hydrogen) atoms. The van der Waals surface area contributed by atoms with Gasteiger partial charge in [0.05, 0.1) is 12.3 Å². The maximum atomic E-state index is 13.9. The first-order chi connectivity index (χ1) is 17.4. The third kappa shape index (κ3) is 5.51. The Hall–Kier alpha value is -3.72. The third-order valence-electron chi connectivity index (χ3n) is 5.96. The number of nitrogens with zero attached hydrogens (tertiary/aromatic N) is 2. The van der Waals surface area contributed by atoms with Crippen LogP contribution in [-0.2, 0) is 32.7 Å². The molecule has 0 N–H and O–H groups in total. The van der Waals surface area contributed by atoms with Gasteiger partial charge >= 0.3 is 5.97 Å². The number of esters is 1. The van der Waals surface area contributed by atoms with E-state index in [1.165, 1.54) is 16.7 Å². The molecule has 0 radical (unpaired) electrons. The summed E-state index contributed by atoms with van der Waals surface area (Å²) >= 11 is 0. The van der Waals surface area contributed by atoms with Crippen LogP contribution in [0.1, 0.15) is 29.2 Å². The topological polar surface area (TPSA) is 87.0 Å². The molecule has 4 rings (SSSR count). The number of fused-ring (bicyclic) bond motifs is 1. The third-order valence-corrected chi connectivity index (χ3v) is 6.61. The average Bonchev–Trinajstić information content (AvgIpc) is 3.24. The lowest BCUT2D eigenvalue weighted by Gasteiger charge is -2.18. The summed E-state index contributed by atoms with van der Waals surface area (Å²) < 4.78 is 43.6. The van der Waals surface area contributed by atoms with Crippen molar-refractivity contribution in [3.05, 3.63) is 80.5 Å². The molecule has 0 atom stereocenters. The summed E-state index contributed by atoms with van der Waals surface area (Å²) in [6, 6.07) is 7.94. The fourth-order valence-corrected chi connectivity index (χ4v) is 5.05. The molecule has 0 spiro atoms. The molecule has 1 heterocycles. The van der Waals surface area contributed by atoms with Crippen LogP contribution < -0.4 is 10.3 Å². The minimum atomic E-state index is -2.45. The van der Waals surface area contributed by atoms with Gasteiger partial charge in [0.2, 0.25) is 0 Å². The monoisotopic (exact) mass is 524 g/mol. The first-order valence-corrected chi connectivity index (χ1v) is 14.1. The Kier molecular flexibility index (Phi) is 7.10. The molecule has 2 aromatic carbocycles. The van der Waals surface area contributed by atoms with Crippen molar-refractivity contribution in [3.63, 3.8) is 0 Å². The number of hydrogen-bond acceptors (Lipinski definition) is 6. The molecular weight excluding hydrogens is 495 g/mol. The van der Waals surface area contributed by atoms with E-state index in [9.17, 15) is 18.2 Å². The smallest absolute Gasteiger partial charge is 0.334 e. The molecular formula is C28H29FN2O5S. The van der Waals surface area contributed by atoms with Gasteiger partial charge in [-0.2, -0.15) is 4.36 Å². The van der Waals surface area contributed by atoms with E-state index < -0.39 is 15.7 Å². The largest absolute Gasteiger partial charge is 0.463 e. The molecule has 3 aromatic rings. The molecule has 0 amide bonds. The number of aryl methyl sites for hydroxylation is 3. The highest BCUT2D eigenvalue weighted by Crippen LogP contribution is 2.42. The van der Waals surface area contributed by atoms with E-state index in [-0.39, 0.29) is 24.4 Å². The van der Waals surface area contributed by atoms with Crippen LogP contribution in [0.3, 0.4) is 0 Å². The van der Waals surface area contributed by atoms with Crippen molar-refractivity contribution >= 4 is 27.5 Å². The fraction of sp³-hybridized carbons (Fsp3) is 0.286. The highest BCUT2D eigenvalue weighted by molar-refractivity contribution is 7.92. The number of ether oxygens (including phenoxy) is 2. The van der Waals surface area contributed by atoms with E-state index in [4.69, 9.17) is 9.47 Å². The number of benzene rings is 2. The van der Waals surface area contributed by atoms with Gasteiger partial charge in [-0.25, -0.2) is 13.4 Å². The number of pyridine rings is 1. The SMILES string of the molecule is CCOC(=O)C1=Cc2c(-c3cc(N=S(C)(C)=O)ccc3Oc3c(C)cc(F)cc3C)cn(C)c(=O)c2C1. The standard InChI is InChI=1S/C28H29FN2O5S/c1-7-35-28(33)18-12-21-23(13-18)27(32)31(4)15-24(21)22-14-20(30-37(5,6)34)8-9-25(22)36-26-16(2)10-19(29)11-17(26)3/h8-12,14-15H,7,13H2,1-6H3. The molecule has 1 aliphatic rings. The van der Waals surface area contributed by atoms with Gasteiger partial charge in [-0.3, -0.25) is 4.79 Å². The quantitative estimate of drug-likeness (QED) is 0.400. The molecule has 0 bridgehead atoms. The van der Waals surface area contributed by atoms with Gasteiger partial charge < -0.3 is 14.0 Å². The Labute approximate surface area is 215 Å². The predicted octanol–water partition coefficient (Wildman–Crippen LogP) is 5.46. The van der Waals surface area contributed by atoms with Gasteiger partial charge in [-0.15, -0.1) is 0 Å². The van der Waals surface area contributed by atoms with Crippen LogP contribution in [0.25, 0.3) is 17.2 Å². The van der Waals surface area contributed by atoms with E-state index in [0.717, 1.165) is 0 Å². The molecule has 0 aliphatic heterocycles. The second-order valence-electron chi connectivity index (χ2n) is 9.34. The van der Waals surface area contributed by atoms with Gasteiger partial charge in [0.25, 0.3) is 5.56 Å². The Morgan fingerprint density at radius 3 is 2.43 bits per heavy atom. The van der Waals surface area contributed by atoms with Gasteiger partial charge in [0, 0.05) is 64.2 Å². The number of rotatable bonds is 6. The average molecular weight is 525 g/mol. The lowest BCUT2D eigenvalue weighted by atomic mass is 9.98. The van der Waals surface area contributed by atoms with Crippen LogP contribution in [0, 0.1) is 19.7 Å². The van der Waals surface area contributed by atoms with E-state index in [1.807, 2.05) is 0 Å². The molecule has 1 aliphatic carbocycles. The Morgan fingerprint density at radius 1 is 1.14 bits per heavy atom. The van der Waals surface area contributed by atoms with Crippen LogP contribution in [0.2, 0.25) is 0 Å². The molecule has 194 valence electrons. The number of aromatic nitrogens is 1. The Morgan fingerprint density at radius 2 is 1.81 bits per heavy atom. The number of carbonyl (C=O) groups is 1. The van der Waals surface area contributed by atoms with Crippen molar-refractivity contribution in [2.75, 3.05) is 19.1 Å². The lowest BCUT2D eigenvalue weighted by molar-refractivity contribution is -0.138. The molecule has 0 saturated heterocycles. The van der Waals surface area contributed by atoms with Crippen molar-refractivity contribution in [3.8, 4) is 22.6 Å². The van der Waals surface area contributed by atoms with Crippen LogP contribution in [0.5, 0.6) is 11.5 Å². The normalized spacial score (nSPS) is 12.7. The summed E-state index contributed by atoms with van der Waals surface area (Å²) in [5, 5.41) is 0. The summed E-state index contributed by atoms with van der Waals surface area (Å²) in [5.74, 6) is 0.117. The molecule has 0 saturated carbocycles. The number of carbonyl (C=O) groups excluding carboxylic acids is 1. The fourth-order valence-electron chi connectivity index (χ4n) is 4.43. The Balaban J connectivity index is 1.97. The first kappa shape index (κ1) is 26.3. The summed E-state index contributed by atoms with van der Waals surface area (Å²) in [5.41, 5.74) is 4.18. The zero-order valence-corrected chi connectivity index (χ0v) is 22.5. The van der Waals surface area contributed by atoms with Crippen LogP contribution in [0.15, 0.2) is 51.3 Å². The molecule has 0 unspecified atom stereocenters. The van der Waals surface area contributed by atoms with Crippen LogP contribution >= 0.6 is 0 Å². The number of hydrogen-bond donors (Lipinski definition) is 0. The van der Waals surface area contributed by atoms with Crippen molar-refractivity contribution in [2.45, 2.75) is 27.2 Å². The van der Waals surface area contributed by atoms with Gasteiger partial charge in [-0.05, 0) is 73.9 Å². The lowest BCUT2D eigenvalue weighted by Crippen LogP contribution is -2.22. The molecule has 0 fully saturated rings. The second kappa shape index (κ2) is 9.97. The first-order valence-electron chi connectivity index (χ1n) is 11.7. The summed E-state index contributed by atoms with van der Waals surface area (Å²) in [4.78, 5) is 25.5. The van der Waals surface area contributed by atoms with Crippen LogP contribution in [-0.4, -0.2) is 33.9 Å². The summed E-state index contributed by atoms with van der Waals surface area (Å²) in [6.07, 6.45) is 6.59. The minimum Gasteiger partial charge on any atom is -0.463 e. The van der Waals surface area contributed by atoms with Gasteiger partial charge in [-0.1, -0.05) is 0 Å². The zero-order valence-electron chi connectivity index (χ0n) is 21.7. The van der Waals surface area contributed by atoms with Crippen molar-refractivity contribution in [1.29, 1.82) is 0 Å². The maximum Gasteiger partial charge on any atom is 0.334 e. The Bertz CT molecular complexity index is 1610. The van der Waals surface area contributed by atoms with Crippen molar-refractivity contribution in [2.24, 2.45) is 11.4 Å². The molecule has 9 heteroatoms. The van der Waals surface area contributed by atoms with E-state index in [1.54, 1.807) is 70.8 Å². The number of halogens is 1. The summed E-state index contributed by atoms with van der Waals surface area (Å²) in [7, 11) is -0.813. The highest BCUT2D eigenvalue weighted by Gasteiger charge is 2.27. The zero-order chi connectivity index (χ0) is 27.1. The van der Waals surface area contributed by atoms with Gasteiger partial charge in [0.1, 0.15) is 17.3 Å². The van der Waals surface area contributed by atoms with E-state index in [2.05, 4.69) is 4.36 Å². The maximum absolute atomic E-state index is 13.9. The van der Waals surface area contributed by atoms with E-state index in [0.29, 0.717) is 56.1 Å². The predicted molar refractivity (Wildman–Crippen MR) is 143 cm³/mol. The van der Waals surface area contributed by atoms with Crippen LogP contribution in [0.4, 0.5) is 10.1 Å². The molecule has 7 nitrogen and oxygen atoms in total. The second-order valence-corrected chi connectivity index (χ2v) is 11.9. The van der Waals surface area contributed by atoms with Crippen molar-refractivity contribution in [1.82, 2.24) is 4.57 Å². The summed E-state index contributed by atoms with van der Waals surface area (Å²) in [6.45, 7) is 5.47. The minimum absolute atomic E-state index is 0.156. The molecule has 1 aromatic heterocycles. The van der Waals surface area contributed by atoms with E-state index >= 15 is 0 Å². The van der Waals surface area contributed by atoms with Crippen molar-refractivity contribution < 1.29 is 22.9 Å².